The summed E-state index contributed by atoms with van der Waals surface area (Å²) in [6, 6.07) is 6.79. The van der Waals surface area contributed by atoms with Crippen LogP contribution in [-0.4, -0.2) is 10.3 Å². The predicted octanol–water partition coefficient (Wildman–Crippen LogP) is 2.16. The van der Waals surface area contributed by atoms with Crippen LogP contribution in [0.25, 0.3) is 0 Å². The number of hydrogen-bond acceptors (Lipinski definition) is 4. The Morgan fingerprint density at radius 3 is 2.77 bits per heavy atom. The summed E-state index contributed by atoms with van der Waals surface area (Å²) in [6.07, 6.45) is -0.589. The molecule has 1 atom stereocenters. The van der Waals surface area contributed by atoms with Crippen LogP contribution in [0, 0.1) is 0 Å². The SMILES string of the molecule is Oc1ccccc1C1N=NC(=S)O1. The van der Waals surface area contributed by atoms with Crippen LogP contribution in [0.3, 0.4) is 0 Å². The Kier molecular flexibility index (Phi) is 1.94. The highest BCUT2D eigenvalue weighted by molar-refractivity contribution is 7.80. The first kappa shape index (κ1) is 8.12. The fraction of sp³-hybridized carbons (Fsp3) is 0.125. The van der Waals surface area contributed by atoms with Crippen molar-refractivity contribution in [1.29, 1.82) is 0 Å². The summed E-state index contributed by atoms with van der Waals surface area (Å²) in [4.78, 5) is 0. The molecule has 1 aromatic rings. The van der Waals surface area contributed by atoms with Crippen molar-refractivity contribution in [3.8, 4) is 5.75 Å². The highest BCUT2D eigenvalue weighted by Crippen LogP contribution is 2.30. The molecular formula is C8H6N2O2S. The smallest absolute Gasteiger partial charge is 0.304 e. The van der Waals surface area contributed by atoms with Gasteiger partial charge in [0.25, 0.3) is 0 Å². The van der Waals surface area contributed by atoms with Crippen LogP contribution in [0.2, 0.25) is 0 Å². The lowest BCUT2D eigenvalue weighted by Gasteiger charge is -2.07. The number of benzene rings is 1. The van der Waals surface area contributed by atoms with E-state index in [0.717, 1.165) is 0 Å². The van der Waals surface area contributed by atoms with Gasteiger partial charge >= 0.3 is 5.17 Å². The van der Waals surface area contributed by atoms with Crippen LogP contribution in [0.1, 0.15) is 11.8 Å². The third kappa shape index (κ3) is 1.50. The minimum Gasteiger partial charge on any atom is -0.507 e. The van der Waals surface area contributed by atoms with Crippen molar-refractivity contribution in [2.75, 3.05) is 0 Å². The van der Waals surface area contributed by atoms with Crippen LogP contribution in [-0.2, 0) is 4.74 Å². The molecule has 1 aliphatic rings. The lowest BCUT2D eigenvalue weighted by molar-refractivity contribution is 0.222. The zero-order valence-corrected chi connectivity index (χ0v) is 7.36. The van der Waals surface area contributed by atoms with E-state index in [1.807, 2.05) is 0 Å². The standard InChI is InChI=1S/C8H6N2O2S/c11-6-4-2-1-3-5(6)7-9-10-8(13)12-7/h1-4,7,11H. The molecule has 1 unspecified atom stereocenters. The van der Waals surface area contributed by atoms with Gasteiger partial charge in [-0.25, -0.2) is 0 Å². The van der Waals surface area contributed by atoms with E-state index < -0.39 is 6.23 Å². The molecule has 2 rings (SSSR count). The largest absolute Gasteiger partial charge is 0.507 e. The average Bonchev–Trinajstić information content (AvgIpc) is 2.53. The van der Waals surface area contributed by atoms with Crippen molar-refractivity contribution < 1.29 is 9.84 Å². The maximum absolute atomic E-state index is 9.43. The molecule has 4 nitrogen and oxygen atoms in total. The minimum absolute atomic E-state index is 0.105. The average molecular weight is 194 g/mol. The summed E-state index contributed by atoms with van der Waals surface area (Å²) in [5, 5.41) is 16.8. The van der Waals surface area contributed by atoms with Crippen molar-refractivity contribution in [2.24, 2.45) is 10.2 Å². The number of rotatable bonds is 1. The Morgan fingerprint density at radius 2 is 2.15 bits per heavy atom. The van der Waals surface area contributed by atoms with Gasteiger partial charge in [0.1, 0.15) is 5.75 Å². The van der Waals surface area contributed by atoms with Gasteiger partial charge in [0.05, 0.1) is 5.56 Å². The zero-order valence-electron chi connectivity index (χ0n) is 6.54. The van der Waals surface area contributed by atoms with E-state index in [2.05, 4.69) is 22.4 Å². The molecule has 0 radical (unpaired) electrons. The zero-order chi connectivity index (χ0) is 9.26. The monoisotopic (exact) mass is 194 g/mol. The molecular weight excluding hydrogens is 188 g/mol. The van der Waals surface area contributed by atoms with E-state index in [1.54, 1.807) is 24.3 Å². The van der Waals surface area contributed by atoms with E-state index >= 15 is 0 Å². The van der Waals surface area contributed by atoms with Crippen LogP contribution < -0.4 is 0 Å². The molecule has 0 fully saturated rings. The number of aromatic hydroxyl groups is 1. The number of azo groups is 1. The molecule has 13 heavy (non-hydrogen) atoms. The molecule has 0 bridgehead atoms. The van der Waals surface area contributed by atoms with Gasteiger partial charge < -0.3 is 9.84 Å². The van der Waals surface area contributed by atoms with Gasteiger partial charge in [-0.05, 0) is 24.4 Å². The summed E-state index contributed by atoms with van der Waals surface area (Å²) in [7, 11) is 0. The Balaban J connectivity index is 2.32. The molecule has 0 aromatic heterocycles. The number of hydrogen-bond donors (Lipinski definition) is 1. The van der Waals surface area contributed by atoms with Crippen molar-refractivity contribution in [2.45, 2.75) is 6.23 Å². The molecule has 1 N–H and O–H groups in total. The number of thiocarbonyl (C=S) groups is 1. The number of ether oxygens (including phenoxy) is 1. The fourth-order valence-electron chi connectivity index (χ4n) is 1.06. The predicted molar refractivity (Wildman–Crippen MR) is 49.4 cm³/mol. The molecule has 0 saturated carbocycles. The van der Waals surface area contributed by atoms with E-state index in [4.69, 9.17) is 4.74 Å². The van der Waals surface area contributed by atoms with E-state index in [-0.39, 0.29) is 10.9 Å². The number of para-hydroxylation sites is 1. The molecule has 1 aliphatic heterocycles. The van der Waals surface area contributed by atoms with E-state index in [0.29, 0.717) is 5.56 Å². The highest BCUT2D eigenvalue weighted by Gasteiger charge is 2.21. The maximum Gasteiger partial charge on any atom is 0.304 e. The van der Waals surface area contributed by atoms with Gasteiger partial charge in [0, 0.05) is 0 Å². The van der Waals surface area contributed by atoms with Gasteiger partial charge in [0.15, 0.2) is 0 Å². The van der Waals surface area contributed by atoms with E-state index in [9.17, 15) is 5.11 Å². The van der Waals surface area contributed by atoms with Crippen LogP contribution in [0.4, 0.5) is 0 Å². The minimum atomic E-state index is -0.589. The van der Waals surface area contributed by atoms with Crippen molar-refractivity contribution in [3.63, 3.8) is 0 Å². The van der Waals surface area contributed by atoms with Gasteiger partial charge in [-0.15, -0.1) is 10.2 Å². The molecule has 1 heterocycles. The molecule has 5 heteroatoms. The molecule has 0 saturated heterocycles. The molecule has 0 spiro atoms. The Hall–Kier alpha value is -1.49. The van der Waals surface area contributed by atoms with Crippen LogP contribution in [0.15, 0.2) is 34.5 Å². The van der Waals surface area contributed by atoms with E-state index in [1.165, 1.54) is 0 Å². The summed E-state index contributed by atoms with van der Waals surface area (Å²) in [6.45, 7) is 0. The van der Waals surface area contributed by atoms with Gasteiger partial charge in [-0.2, -0.15) is 0 Å². The second-order valence-electron chi connectivity index (χ2n) is 2.51. The first-order valence-corrected chi connectivity index (χ1v) is 4.07. The topological polar surface area (TPSA) is 54.2 Å². The lowest BCUT2D eigenvalue weighted by atomic mass is 10.2. The summed E-state index contributed by atoms with van der Waals surface area (Å²) < 4.78 is 5.07. The second kappa shape index (κ2) is 3.10. The number of nitrogens with zero attached hydrogens (tertiary/aromatic N) is 2. The van der Waals surface area contributed by atoms with Crippen LogP contribution >= 0.6 is 12.2 Å². The van der Waals surface area contributed by atoms with Gasteiger partial charge in [-0.1, -0.05) is 12.1 Å². The fourth-order valence-corrected chi connectivity index (χ4v) is 1.20. The quantitative estimate of drug-likeness (QED) is 0.697. The first-order chi connectivity index (χ1) is 6.27. The number of phenolic OH excluding ortho intramolecular Hbond substituents is 1. The maximum atomic E-state index is 9.43. The summed E-state index contributed by atoms with van der Waals surface area (Å²) in [5.41, 5.74) is 0.575. The van der Waals surface area contributed by atoms with Crippen LogP contribution in [0.5, 0.6) is 5.75 Å². The Bertz CT molecular complexity index is 378. The lowest BCUT2D eigenvalue weighted by Crippen LogP contribution is -1.98. The summed E-state index contributed by atoms with van der Waals surface area (Å²) in [5.74, 6) is 0.135. The van der Waals surface area contributed by atoms with Crippen molar-refractivity contribution >= 4 is 17.4 Å². The third-order valence-electron chi connectivity index (χ3n) is 1.66. The first-order valence-electron chi connectivity index (χ1n) is 3.67. The van der Waals surface area contributed by atoms with Gasteiger partial charge in [-0.3, -0.25) is 0 Å². The Labute approximate surface area is 79.9 Å². The third-order valence-corrected chi connectivity index (χ3v) is 1.84. The van der Waals surface area contributed by atoms with Crippen molar-refractivity contribution in [1.82, 2.24) is 0 Å². The molecule has 0 aliphatic carbocycles. The molecule has 1 aromatic carbocycles. The summed E-state index contributed by atoms with van der Waals surface area (Å²) >= 11 is 4.68. The second-order valence-corrected chi connectivity index (χ2v) is 2.86. The highest BCUT2D eigenvalue weighted by atomic mass is 32.1. The normalized spacial score (nSPS) is 20.3. The molecule has 0 amide bonds. The van der Waals surface area contributed by atoms with Crippen molar-refractivity contribution in [3.05, 3.63) is 29.8 Å². The Morgan fingerprint density at radius 1 is 1.38 bits per heavy atom. The number of phenols is 1. The molecule has 66 valence electrons. The van der Waals surface area contributed by atoms with Gasteiger partial charge in [0.2, 0.25) is 6.23 Å².